The molecule has 126 valence electrons. The smallest absolute Gasteiger partial charge is 0.261 e. The van der Waals surface area contributed by atoms with Crippen LogP contribution in [0.2, 0.25) is 0 Å². The fourth-order valence-corrected chi connectivity index (χ4v) is 2.61. The molecular formula is C17H19N3O4. The van der Waals surface area contributed by atoms with Gasteiger partial charge in [0.15, 0.2) is 0 Å². The molecule has 2 N–H and O–H groups in total. The number of amides is 4. The lowest BCUT2D eigenvalue weighted by molar-refractivity contribution is -0.126. The number of fused-ring (bicyclic) bond motifs is 1. The molecule has 2 aliphatic rings. The van der Waals surface area contributed by atoms with Crippen molar-refractivity contribution in [2.24, 2.45) is 0 Å². The van der Waals surface area contributed by atoms with Crippen molar-refractivity contribution in [1.82, 2.24) is 15.5 Å². The molecule has 1 heterocycles. The van der Waals surface area contributed by atoms with Gasteiger partial charge in [-0.3, -0.25) is 24.1 Å². The topological polar surface area (TPSA) is 95.6 Å². The van der Waals surface area contributed by atoms with E-state index in [-0.39, 0.29) is 49.2 Å². The summed E-state index contributed by atoms with van der Waals surface area (Å²) in [6.07, 6.45) is 2.52. The van der Waals surface area contributed by atoms with Crippen LogP contribution in [0.25, 0.3) is 0 Å². The summed E-state index contributed by atoms with van der Waals surface area (Å²) in [6.45, 7) is 0.149. The third kappa shape index (κ3) is 3.61. The highest BCUT2D eigenvalue weighted by Gasteiger charge is 2.34. The Bertz CT molecular complexity index is 662. The largest absolute Gasteiger partial charge is 0.352 e. The molecule has 0 spiro atoms. The highest BCUT2D eigenvalue weighted by atomic mass is 16.2. The molecule has 3 rings (SSSR count). The minimum atomic E-state index is -0.320. The first-order chi connectivity index (χ1) is 11.6. The highest BCUT2D eigenvalue weighted by molar-refractivity contribution is 6.21. The van der Waals surface area contributed by atoms with Gasteiger partial charge in [-0.05, 0) is 31.4 Å². The summed E-state index contributed by atoms with van der Waals surface area (Å²) in [5.41, 5.74) is 0.812. The van der Waals surface area contributed by atoms with E-state index >= 15 is 0 Å². The van der Waals surface area contributed by atoms with Crippen molar-refractivity contribution in [1.29, 1.82) is 0 Å². The summed E-state index contributed by atoms with van der Waals surface area (Å²) in [7, 11) is 0. The maximum atomic E-state index is 12.2. The average molecular weight is 329 g/mol. The van der Waals surface area contributed by atoms with E-state index in [2.05, 4.69) is 10.6 Å². The number of carbonyl (C=O) groups is 4. The number of hydrogen-bond donors (Lipinski definition) is 2. The maximum absolute atomic E-state index is 12.2. The van der Waals surface area contributed by atoms with E-state index in [1.54, 1.807) is 24.3 Å². The minimum absolute atomic E-state index is 0.0393. The van der Waals surface area contributed by atoms with Crippen LogP contribution in [0.3, 0.4) is 0 Å². The van der Waals surface area contributed by atoms with Crippen LogP contribution in [-0.2, 0) is 9.59 Å². The number of benzene rings is 1. The van der Waals surface area contributed by atoms with Crippen molar-refractivity contribution in [3.8, 4) is 0 Å². The SMILES string of the molecule is O=C(CCCN1C(=O)c2ccccc2C1=O)NCC(=O)NC1CC1. The quantitative estimate of drug-likeness (QED) is 0.710. The predicted molar refractivity (Wildman–Crippen MR) is 85.2 cm³/mol. The summed E-state index contributed by atoms with van der Waals surface area (Å²) < 4.78 is 0. The molecule has 7 heteroatoms. The first-order valence-electron chi connectivity index (χ1n) is 8.07. The van der Waals surface area contributed by atoms with Gasteiger partial charge in [0.05, 0.1) is 17.7 Å². The number of carbonyl (C=O) groups excluding carboxylic acids is 4. The number of rotatable bonds is 7. The van der Waals surface area contributed by atoms with Gasteiger partial charge in [0.1, 0.15) is 0 Å². The lowest BCUT2D eigenvalue weighted by Crippen LogP contribution is -2.38. The monoisotopic (exact) mass is 329 g/mol. The average Bonchev–Trinajstić information content (AvgIpc) is 3.36. The Balaban J connectivity index is 1.40. The van der Waals surface area contributed by atoms with Crippen molar-refractivity contribution in [3.05, 3.63) is 35.4 Å². The third-order valence-corrected chi connectivity index (χ3v) is 4.05. The summed E-state index contributed by atoms with van der Waals surface area (Å²) in [6, 6.07) is 6.95. The van der Waals surface area contributed by atoms with Gasteiger partial charge in [0.2, 0.25) is 11.8 Å². The molecule has 7 nitrogen and oxygen atoms in total. The summed E-state index contributed by atoms with van der Waals surface area (Å²) in [5.74, 6) is -1.09. The van der Waals surface area contributed by atoms with Crippen LogP contribution < -0.4 is 10.6 Å². The molecule has 1 aliphatic carbocycles. The fourth-order valence-electron chi connectivity index (χ4n) is 2.61. The molecule has 0 atom stereocenters. The molecule has 0 bridgehead atoms. The van der Waals surface area contributed by atoms with Crippen LogP contribution in [0, 0.1) is 0 Å². The second kappa shape index (κ2) is 6.82. The van der Waals surface area contributed by atoms with Crippen LogP contribution >= 0.6 is 0 Å². The fraction of sp³-hybridized carbons (Fsp3) is 0.412. The Morgan fingerprint density at radius 3 is 2.25 bits per heavy atom. The predicted octanol–water partition coefficient (Wildman–Crippen LogP) is 0.458. The van der Waals surface area contributed by atoms with Gasteiger partial charge in [-0.25, -0.2) is 0 Å². The molecule has 24 heavy (non-hydrogen) atoms. The van der Waals surface area contributed by atoms with Crippen molar-refractivity contribution < 1.29 is 19.2 Å². The van der Waals surface area contributed by atoms with Gasteiger partial charge in [0, 0.05) is 19.0 Å². The van der Waals surface area contributed by atoms with E-state index < -0.39 is 0 Å². The molecule has 4 amide bonds. The normalized spacial score (nSPS) is 16.1. The van der Waals surface area contributed by atoms with Crippen molar-refractivity contribution in [2.45, 2.75) is 31.7 Å². The molecule has 1 fully saturated rings. The van der Waals surface area contributed by atoms with Gasteiger partial charge in [-0.15, -0.1) is 0 Å². The molecule has 1 aromatic rings. The van der Waals surface area contributed by atoms with Crippen LogP contribution in [0.15, 0.2) is 24.3 Å². The maximum Gasteiger partial charge on any atom is 0.261 e. The lowest BCUT2D eigenvalue weighted by Gasteiger charge is -2.13. The van der Waals surface area contributed by atoms with E-state index in [9.17, 15) is 19.2 Å². The zero-order valence-electron chi connectivity index (χ0n) is 13.2. The Morgan fingerprint density at radius 2 is 1.67 bits per heavy atom. The Labute approximate surface area is 139 Å². The van der Waals surface area contributed by atoms with E-state index in [0.29, 0.717) is 17.5 Å². The van der Waals surface area contributed by atoms with Crippen LogP contribution in [-0.4, -0.2) is 47.7 Å². The number of nitrogens with one attached hydrogen (secondary N) is 2. The first-order valence-corrected chi connectivity index (χ1v) is 8.07. The van der Waals surface area contributed by atoms with Crippen molar-refractivity contribution in [2.75, 3.05) is 13.1 Å². The number of hydrogen-bond acceptors (Lipinski definition) is 4. The van der Waals surface area contributed by atoms with Gasteiger partial charge in [-0.2, -0.15) is 0 Å². The number of imide groups is 1. The van der Waals surface area contributed by atoms with Crippen molar-refractivity contribution in [3.63, 3.8) is 0 Å². The summed E-state index contributed by atoms with van der Waals surface area (Å²) >= 11 is 0. The molecule has 0 radical (unpaired) electrons. The van der Waals surface area contributed by atoms with E-state index in [1.165, 1.54) is 0 Å². The second-order valence-electron chi connectivity index (χ2n) is 6.03. The second-order valence-corrected chi connectivity index (χ2v) is 6.03. The first kappa shape index (κ1) is 16.2. The van der Waals surface area contributed by atoms with E-state index in [1.807, 2.05) is 0 Å². The molecule has 1 aromatic carbocycles. The van der Waals surface area contributed by atoms with Gasteiger partial charge in [-0.1, -0.05) is 12.1 Å². The van der Waals surface area contributed by atoms with Gasteiger partial charge < -0.3 is 10.6 Å². The van der Waals surface area contributed by atoms with Crippen LogP contribution in [0.4, 0.5) is 0 Å². The zero-order valence-corrected chi connectivity index (χ0v) is 13.2. The Hall–Kier alpha value is -2.70. The molecule has 1 aliphatic heterocycles. The summed E-state index contributed by atoms with van der Waals surface area (Å²) in [4.78, 5) is 48.7. The summed E-state index contributed by atoms with van der Waals surface area (Å²) in [5, 5.41) is 5.32. The third-order valence-electron chi connectivity index (χ3n) is 4.05. The van der Waals surface area contributed by atoms with E-state index in [0.717, 1.165) is 17.7 Å². The Kier molecular flexibility index (Phi) is 4.59. The highest BCUT2D eigenvalue weighted by Crippen LogP contribution is 2.22. The lowest BCUT2D eigenvalue weighted by atomic mass is 10.1. The molecular weight excluding hydrogens is 310 g/mol. The molecule has 0 unspecified atom stereocenters. The Morgan fingerprint density at radius 1 is 1.04 bits per heavy atom. The molecule has 0 aromatic heterocycles. The van der Waals surface area contributed by atoms with Gasteiger partial charge >= 0.3 is 0 Å². The zero-order chi connectivity index (χ0) is 17.1. The standard InChI is InChI=1S/C17H19N3O4/c21-14(18-10-15(22)19-11-7-8-11)6-3-9-20-16(23)12-4-1-2-5-13(12)17(20)24/h1-2,4-5,11H,3,6-10H2,(H,18,21)(H,19,22). The van der Waals surface area contributed by atoms with Gasteiger partial charge in [0.25, 0.3) is 11.8 Å². The van der Waals surface area contributed by atoms with Crippen LogP contribution in [0.1, 0.15) is 46.4 Å². The number of nitrogens with zero attached hydrogens (tertiary/aromatic N) is 1. The minimum Gasteiger partial charge on any atom is -0.352 e. The van der Waals surface area contributed by atoms with Crippen LogP contribution in [0.5, 0.6) is 0 Å². The molecule has 1 saturated carbocycles. The van der Waals surface area contributed by atoms with E-state index in [4.69, 9.17) is 0 Å². The molecule has 0 saturated heterocycles. The van der Waals surface area contributed by atoms with Crippen molar-refractivity contribution >= 4 is 23.6 Å².